The number of Topliss-reactive ketones (excluding diaryl/α,β-unsaturated/α-hetero) is 2. The lowest BCUT2D eigenvalue weighted by Gasteiger charge is -2.17. The minimum Gasteiger partial charge on any atom is -0.452 e. The number of benzene rings is 1. The van der Waals surface area contributed by atoms with Gasteiger partial charge in [0.1, 0.15) is 9.33 Å². The van der Waals surface area contributed by atoms with E-state index in [1.807, 2.05) is 40.8 Å². The van der Waals surface area contributed by atoms with Gasteiger partial charge in [-0.1, -0.05) is 18.2 Å². The van der Waals surface area contributed by atoms with E-state index in [1.165, 1.54) is 0 Å². The van der Waals surface area contributed by atoms with Crippen molar-refractivity contribution in [1.82, 2.24) is 0 Å². The van der Waals surface area contributed by atoms with Crippen molar-refractivity contribution in [3.8, 4) is 5.75 Å². The van der Waals surface area contributed by atoms with Gasteiger partial charge in [-0.25, -0.2) is 0 Å². The molecule has 0 aromatic heterocycles. The molecule has 1 aromatic carbocycles. The van der Waals surface area contributed by atoms with E-state index in [-0.39, 0.29) is 17.3 Å². The van der Waals surface area contributed by atoms with E-state index in [9.17, 15) is 9.59 Å². The third kappa shape index (κ3) is 2.25. The second-order valence-electron chi connectivity index (χ2n) is 3.97. The first-order valence-electron chi connectivity index (χ1n) is 5.42. The summed E-state index contributed by atoms with van der Waals surface area (Å²) in [6.07, 6.45) is 0. The van der Waals surface area contributed by atoms with Gasteiger partial charge >= 0.3 is 0 Å². The SMILES string of the molecule is CC1=C(C)C(=O)C(Oc2ccccc2)=C(I)C1=O. The number of halogens is 1. The molecule has 0 radical (unpaired) electrons. The lowest BCUT2D eigenvalue weighted by atomic mass is 9.96. The summed E-state index contributed by atoms with van der Waals surface area (Å²) in [5.74, 6) is 0.309. The van der Waals surface area contributed by atoms with Crippen molar-refractivity contribution in [3.63, 3.8) is 0 Å². The highest BCUT2D eigenvalue weighted by Gasteiger charge is 2.30. The molecule has 4 heteroatoms. The van der Waals surface area contributed by atoms with E-state index in [2.05, 4.69) is 0 Å². The van der Waals surface area contributed by atoms with Crippen LogP contribution in [0.3, 0.4) is 0 Å². The first-order valence-corrected chi connectivity index (χ1v) is 6.49. The number of hydrogen-bond donors (Lipinski definition) is 0. The molecule has 18 heavy (non-hydrogen) atoms. The Labute approximate surface area is 119 Å². The lowest BCUT2D eigenvalue weighted by molar-refractivity contribution is -0.117. The molecule has 3 nitrogen and oxygen atoms in total. The average molecular weight is 354 g/mol. The van der Waals surface area contributed by atoms with Crippen molar-refractivity contribution in [3.05, 3.63) is 50.8 Å². The summed E-state index contributed by atoms with van der Waals surface area (Å²) in [5, 5.41) is 0. The van der Waals surface area contributed by atoms with Crippen molar-refractivity contribution in [1.29, 1.82) is 0 Å². The summed E-state index contributed by atoms with van der Waals surface area (Å²) in [5.41, 5.74) is 0.941. The highest BCUT2D eigenvalue weighted by Crippen LogP contribution is 2.30. The molecule has 0 fully saturated rings. The number of rotatable bonds is 2. The maximum atomic E-state index is 12.1. The Kier molecular flexibility index (Phi) is 3.65. The molecule has 92 valence electrons. The maximum Gasteiger partial charge on any atom is 0.225 e. The molecule has 1 aromatic rings. The van der Waals surface area contributed by atoms with Gasteiger partial charge in [0.15, 0.2) is 11.5 Å². The first-order chi connectivity index (χ1) is 8.52. The van der Waals surface area contributed by atoms with Gasteiger partial charge in [-0.3, -0.25) is 9.59 Å². The van der Waals surface area contributed by atoms with E-state index in [0.29, 0.717) is 20.5 Å². The van der Waals surface area contributed by atoms with Crippen molar-refractivity contribution >= 4 is 34.2 Å². The van der Waals surface area contributed by atoms with Crippen LogP contribution in [-0.2, 0) is 9.59 Å². The summed E-state index contributed by atoms with van der Waals surface area (Å²) >= 11 is 1.86. The summed E-state index contributed by atoms with van der Waals surface area (Å²) in [4.78, 5) is 24.0. The predicted molar refractivity (Wildman–Crippen MR) is 76.5 cm³/mol. The van der Waals surface area contributed by atoms with Gasteiger partial charge < -0.3 is 4.74 Å². The minimum absolute atomic E-state index is 0.120. The normalized spacial score (nSPS) is 16.4. The molecule has 2 rings (SSSR count). The number of para-hydroxylation sites is 1. The fraction of sp³-hybridized carbons (Fsp3) is 0.143. The smallest absolute Gasteiger partial charge is 0.225 e. The molecular weight excluding hydrogens is 343 g/mol. The van der Waals surface area contributed by atoms with Crippen LogP contribution in [0, 0.1) is 0 Å². The standard InChI is InChI=1S/C14H11IO3/c1-8-9(2)13(17)14(11(15)12(8)16)18-10-6-4-3-5-7-10/h3-7H,1-2H3. The number of allylic oxidation sites excluding steroid dienone is 3. The van der Waals surface area contributed by atoms with Gasteiger partial charge in [0, 0.05) is 11.1 Å². The summed E-state index contributed by atoms with van der Waals surface area (Å²) < 4.78 is 5.87. The molecule has 0 saturated carbocycles. The zero-order valence-electron chi connectivity index (χ0n) is 9.99. The maximum absolute atomic E-state index is 12.1. The summed E-state index contributed by atoms with van der Waals surface area (Å²) in [6.45, 7) is 3.31. The van der Waals surface area contributed by atoms with Crippen molar-refractivity contribution in [2.45, 2.75) is 13.8 Å². The highest BCUT2D eigenvalue weighted by atomic mass is 127. The number of carbonyl (C=O) groups is 2. The fourth-order valence-corrected chi connectivity index (χ4v) is 2.34. The largest absolute Gasteiger partial charge is 0.452 e. The monoisotopic (exact) mass is 354 g/mol. The van der Waals surface area contributed by atoms with Gasteiger partial charge in [0.2, 0.25) is 5.78 Å². The molecular formula is C14H11IO3. The van der Waals surface area contributed by atoms with Crippen LogP contribution in [0.25, 0.3) is 0 Å². The molecule has 0 N–H and O–H groups in total. The van der Waals surface area contributed by atoms with Crippen LogP contribution in [0.5, 0.6) is 5.75 Å². The Hall–Kier alpha value is -1.43. The number of ether oxygens (including phenoxy) is 1. The van der Waals surface area contributed by atoms with Crippen LogP contribution in [0.2, 0.25) is 0 Å². The van der Waals surface area contributed by atoms with Crippen LogP contribution in [0.1, 0.15) is 13.8 Å². The summed E-state index contributed by atoms with van der Waals surface area (Å²) in [7, 11) is 0. The molecule has 0 unspecified atom stereocenters. The van der Waals surface area contributed by atoms with Gasteiger partial charge in [-0.15, -0.1) is 0 Å². The number of ketones is 2. The summed E-state index contributed by atoms with van der Waals surface area (Å²) in [6, 6.07) is 8.97. The van der Waals surface area contributed by atoms with Crippen LogP contribution >= 0.6 is 22.6 Å². The van der Waals surface area contributed by atoms with E-state index >= 15 is 0 Å². The quantitative estimate of drug-likeness (QED) is 0.605. The predicted octanol–water partition coefficient (Wildman–Crippen LogP) is 3.20. The van der Waals surface area contributed by atoms with Crippen LogP contribution < -0.4 is 4.74 Å². The van der Waals surface area contributed by atoms with Gasteiger partial charge in [-0.2, -0.15) is 0 Å². The Bertz CT molecular complexity index is 582. The molecule has 0 bridgehead atoms. The fourth-order valence-electron chi connectivity index (χ4n) is 1.58. The Morgan fingerprint density at radius 3 is 2.11 bits per heavy atom. The molecule has 1 aliphatic carbocycles. The lowest BCUT2D eigenvalue weighted by Crippen LogP contribution is -2.22. The third-order valence-corrected chi connectivity index (χ3v) is 3.79. The van der Waals surface area contributed by atoms with E-state index in [0.717, 1.165) is 0 Å². The van der Waals surface area contributed by atoms with Gasteiger partial charge in [0.25, 0.3) is 0 Å². The minimum atomic E-state index is -0.222. The zero-order valence-corrected chi connectivity index (χ0v) is 12.1. The number of hydrogen-bond acceptors (Lipinski definition) is 3. The van der Waals surface area contributed by atoms with Crippen molar-refractivity contribution in [2.75, 3.05) is 0 Å². The van der Waals surface area contributed by atoms with Crippen molar-refractivity contribution < 1.29 is 14.3 Å². The molecule has 0 saturated heterocycles. The molecule has 0 atom stereocenters. The average Bonchev–Trinajstić information content (AvgIpc) is 2.40. The second-order valence-corrected chi connectivity index (χ2v) is 5.05. The van der Waals surface area contributed by atoms with Crippen LogP contribution in [0.15, 0.2) is 50.8 Å². The third-order valence-electron chi connectivity index (χ3n) is 2.81. The first kappa shape index (κ1) is 13.0. The van der Waals surface area contributed by atoms with E-state index in [4.69, 9.17) is 4.74 Å². The van der Waals surface area contributed by atoms with Crippen molar-refractivity contribution in [2.24, 2.45) is 0 Å². The van der Waals surface area contributed by atoms with E-state index < -0.39 is 0 Å². The molecule has 0 spiro atoms. The van der Waals surface area contributed by atoms with Gasteiger partial charge in [-0.05, 0) is 48.6 Å². The van der Waals surface area contributed by atoms with Crippen LogP contribution in [0.4, 0.5) is 0 Å². The molecule has 1 aliphatic rings. The second kappa shape index (κ2) is 5.06. The molecule has 0 aliphatic heterocycles. The molecule has 0 heterocycles. The Morgan fingerprint density at radius 2 is 1.50 bits per heavy atom. The zero-order chi connectivity index (χ0) is 13.3. The highest BCUT2D eigenvalue weighted by molar-refractivity contribution is 14.1. The van der Waals surface area contributed by atoms with E-state index in [1.54, 1.807) is 26.0 Å². The number of carbonyl (C=O) groups excluding carboxylic acids is 2. The Morgan fingerprint density at radius 1 is 0.944 bits per heavy atom. The van der Waals surface area contributed by atoms with Gasteiger partial charge in [0.05, 0.1) is 0 Å². The molecule has 0 amide bonds. The Balaban J connectivity index is 2.39. The topological polar surface area (TPSA) is 43.4 Å². The van der Waals surface area contributed by atoms with Crippen LogP contribution in [-0.4, -0.2) is 11.6 Å².